The quantitative estimate of drug-likeness (QED) is 0.417. The lowest BCUT2D eigenvalue weighted by atomic mass is 10.1. The monoisotopic (exact) mass is 345 g/mol. The second kappa shape index (κ2) is 6.29. The van der Waals surface area contributed by atoms with Gasteiger partial charge >= 0.3 is 0 Å². The Labute approximate surface area is 148 Å². The van der Waals surface area contributed by atoms with E-state index >= 15 is 0 Å². The fourth-order valence-electron chi connectivity index (χ4n) is 2.76. The van der Waals surface area contributed by atoms with Gasteiger partial charge in [0.25, 0.3) is 5.69 Å². The molecule has 0 aliphatic rings. The highest BCUT2D eigenvalue weighted by Gasteiger charge is 2.12. The lowest BCUT2D eigenvalue weighted by Gasteiger charge is -2.06. The molecule has 2 heterocycles. The Bertz CT molecular complexity index is 1100. The maximum Gasteiger partial charge on any atom is 0.270 e. The molecule has 0 aliphatic carbocycles. The molecular formula is C19H15N5O2. The maximum absolute atomic E-state index is 11.0. The van der Waals surface area contributed by atoms with Crippen LogP contribution in [0.2, 0.25) is 0 Å². The van der Waals surface area contributed by atoms with Crippen LogP contribution in [0.4, 0.5) is 17.2 Å². The Balaban J connectivity index is 1.74. The molecule has 0 aliphatic heterocycles. The van der Waals surface area contributed by atoms with E-state index in [0.717, 1.165) is 22.3 Å². The van der Waals surface area contributed by atoms with E-state index in [1.165, 1.54) is 24.0 Å². The molecule has 4 rings (SSSR count). The fraction of sp³-hybridized carbons (Fsp3) is 0.0526. The first kappa shape index (κ1) is 15.8. The highest BCUT2D eigenvalue weighted by Crippen LogP contribution is 2.29. The first-order valence-electron chi connectivity index (χ1n) is 8.02. The van der Waals surface area contributed by atoms with Crippen molar-refractivity contribution in [3.05, 3.63) is 76.6 Å². The number of nitrogens with zero attached hydrogens (tertiary/aromatic N) is 3. The van der Waals surface area contributed by atoms with Crippen molar-refractivity contribution in [3.63, 3.8) is 0 Å². The second-order valence-corrected chi connectivity index (χ2v) is 5.97. The Morgan fingerprint density at radius 3 is 2.65 bits per heavy atom. The molecule has 0 spiro atoms. The van der Waals surface area contributed by atoms with Crippen LogP contribution >= 0.6 is 0 Å². The van der Waals surface area contributed by atoms with Crippen LogP contribution in [-0.2, 0) is 0 Å². The van der Waals surface area contributed by atoms with E-state index in [1.54, 1.807) is 6.07 Å². The predicted octanol–water partition coefficient (Wildman–Crippen LogP) is 4.59. The number of rotatable bonds is 4. The molecule has 2 N–H and O–H groups in total. The molecule has 7 heteroatoms. The van der Waals surface area contributed by atoms with Gasteiger partial charge < -0.3 is 10.3 Å². The van der Waals surface area contributed by atoms with Gasteiger partial charge in [-0.05, 0) is 25.1 Å². The van der Waals surface area contributed by atoms with Gasteiger partial charge in [0.2, 0.25) is 0 Å². The summed E-state index contributed by atoms with van der Waals surface area (Å²) in [4.78, 5) is 22.4. The van der Waals surface area contributed by atoms with Crippen LogP contribution in [0.1, 0.15) is 5.56 Å². The minimum Gasteiger partial charge on any atom is -0.340 e. The molecule has 2 aromatic carbocycles. The van der Waals surface area contributed by atoms with E-state index in [-0.39, 0.29) is 5.69 Å². The first-order chi connectivity index (χ1) is 12.6. The number of hydrogen-bond acceptors (Lipinski definition) is 5. The van der Waals surface area contributed by atoms with Gasteiger partial charge in [0.05, 0.1) is 10.3 Å². The highest BCUT2D eigenvalue weighted by atomic mass is 16.6. The average molecular weight is 345 g/mol. The van der Waals surface area contributed by atoms with Crippen LogP contribution in [0.5, 0.6) is 0 Å². The van der Waals surface area contributed by atoms with Crippen LogP contribution in [0.15, 0.2) is 60.9 Å². The largest absolute Gasteiger partial charge is 0.340 e. The van der Waals surface area contributed by atoms with Crippen molar-refractivity contribution in [2.75, 3.05) is 5.32 Å². The van der Waals surface area contributed by atoms with E-state index in [1.807, 2.05) is 43.3 Å². The number of aryl methyl sites for hydroxylation is 1. The van der Waals surface area contributed by atoms with Crippen LogP contribution in [0, 0.1) is 17.0 Å². The Kier molecular flexibility index (Phi) is 3.81. The van der Waals surface area contributed by atoms with Gasteiger partial charge in [-0.3, -0.25) is 10.1 Å². The Morgan fingerprint density at radius 1 is 1.08 bits per heavy atom. The first-order valence-corrected chi connectivity index (χ1v) is 8.02. The smallest absolute Gasteiger partial charge is 0.270 e. The number of H-pyrrole nitrogens is 1. The molecule has 0 amide bonds. The van der Waals surface area contributed by atoms with E-state index in [4.69, 9.17) is 0 Å². The van der Waals surface area contributed by atoms with Gasteiger partial charge in [-0.1, -0.05) is 29.8 Å². The van der Waals surface area contributed by atoms with Crippen molar-refractivity contribution in [2.45, 2.75) is 6.92 Å². The van der Waals surface area contributed by atoms with Crippen molar-refractivity contribution in [2.24, 2.45) is 0 Å². The van der Waals surface area contributed by atoms with Crippen molar-refractivity contribution < 1.29 is 4.92 Å². The molecule has 0 saturated carbocycles. The zero-order valence-corrected chi connectivity index (χ0v) is 13.9. The molecule has 4 aromatic rings. The standard InChI is InChI=1S/C19H15N5O2/c1-12-5-7-14(8-6-12)22-18-16-10-17(23-19(16)21-11-20-18)13-3-2-4-15(9-13)24(25)26/h2-11H,1H3,(H2,20,21,22,23). The Morgan fingerprint density at radius 2 is 1.88 bits per heavy atom. The van der Waals surface area contributed by atoms with Gasteiger partial charge in [-0.25, -0.2) is 9.97 Å². The SMILES string of the molecule is Cc1ccc(Nc2ncnc3[nH]c(-c4cccc([N+](=O)[O-])c4)cc23)cc1. The molecule has 2 aromatic heterocycles. The highest BCUT2D eigenvalue weighted by molar-refractivity contribution is 5.93. The van der Waals surface area contributed by atoms with Crippen molar-refractivity contribution >= 4 is 28.2 Å². The number of non-ortho nitro benzene ring substituents is 1. The molecule has 0 bridgehead atoms. The number of anilines is 2. The lowest BCUT2D eigenvalue weighted by molar-refractivity contribution is -0.384. The molecule has 0 saturated heterocycles. The molecular weight excluding hydrogens is 330 g/mol. The summed E-state index contributed by atoms with van der Waals surface area (Å²) in [6.45, 7) is 2.03. The average Bonchev–Trinajstić information content (AvgIpc) is 3.09. The molecule has 0 atom stereocenters. The summed E-state index contributed by atoms with van der Waals surface area (Å²) in [6, 6.07) is 16.4. The molecule has 128 valence electrons. The van der Waals surface area contributed by atoms with Crippen molar-refractivity contribution in [3.8, 4) is 11.3 Å². The lowest BCUT2D eigenvalue weighted by Crippen LogP contribution is -1.94. The van der Waals surface area contributed by atoms with Crippen molar-refractivity contribution in [1.29, 1.82) is 0 Å². The van der Waals surface area contributed by atoms with Gasteiger partial charge in [0.1, 0.15) is 17.8 Å². The van der Waals surface area contributed by atoms with Crippen molar-refractivity contribution in [1.82, 2.24) is 15.0 Å². The second-order valence-electron chi connectivity index (χ2n) is 5.97. The fourth-order valence-corrected chi connectivity index (χ4v) is 2.76. The summed E-state index contributed by atoms with van der Waals surface area (Å²) in [6.07, 6.45) is 1.48. The van der Waals surface area contributed by atoms with Crippen LogP contribution in [-0.4, -0.2) is 19.9 Å². The number of fused-ring (bicyclic) bond motifs is 1. The molecule has 7 nitrogen and oxygen atoms in total. The molecule has 0 unspecified atom stereocenters. The van der Waals surface area contributed by atoms with Gasteiger partial charge in [-0.15, -0.1) is 0 Å². The van der Waals surface area contributed by atoms with Gasteiger partial charge in [0.15, 0.2) is 0 Å². The zero-order valence-electron chi connectivity index (χ0n) is 13.9. The van der Waals surface area contributed by atoms with Crippen LogP contribution < -0.4 is 5.32 Å². The van der Waals surface area contributed by atoms with Crippen LogP contribution in [0.3, 0.4) is 0 Å². The third kappa shape index (κ3) is 2.98. The van der Waals surface area contributed by atoms with E-state index in [0.29, 0.717) is 11.5 Å². The Hall–Kier alpha value is -3.74. The summed E-state index contributed by atoms with van der Waals surface area (Å²) in [5.74, 6) is 0.673. The normalized spacial score (nSPS) is 10.8. The van der Waals surface area contributed by atoms with E-state index in [2.05, 4.69) is 20.3 Å². The third-order valence-electron chi connectivity index (χ3n) is 4.11. The number of hydrogen-bond donors (Lipinski definition) is 2. The number of nitro benzene ring substituents is 1. The summed E-state index contributed by atoms with van der Waals surface area (Å²) < 4.78 is 0. The topological polar surface area (TPSA) is 96.7 Å². The van der Waals surface area contributed by atoms with Gasteiger partial charge in [-0.2, -0.15) is 0 Å². The number of aromatic nitrogens is 3. The summed E-state index contributed by atoms with van der Waals surface area (Å²) in [5, 5.41) is 15.1. The minimum atomic E-state index is -0.406. The number of nitrogens with one attached hydrogen (secondary N) is 2. The molecule has 0 fully saturated rings. The maximum atomic E-state index is 11.0. The number of aromatic amines is 1. The van der Waals surface area contributed by atoms with E-state index < -0.39 is 4.92 Å². The summed E-state index contributed by atoms with van der Waals surface area (Å²) in [5.41, 5.74) is 4.28. The summed E-state index contributed by atoms with van der Waals surface area (Å²) in [7, 11) is 0. The minimum absolute atomic E-state index is 0.0465. The number of nitro groups is 1. The third-order valence-corrected chi connectivity index (χ3v) is 4.11. The number of benzene rings is 2. The van der Waals surface area contributed by atoms with Gasteiger partial charge in [0, 0.05) is 29.1 Å². The summed E-state index contributed by atoms with van der Waals surface area (Å²) >= 11 is 0. The molecule has 0 radical (unpaired) electrons. The van der Waals surface area contributed by atoms with Crippen LogP contribution in [0.25, 0.3) is 22.3 Å². The molecule has 26 heavy (non-hydrogen) atoms. The predicted molar refractivity (Wildman–Crippen MR) is 100 cm³/mol. The van der Waals surface area contributed by atoms with E-state index in [9.17, 15) is 10.1 Å². The zero-order chi connectivity index (χ0) is 18.1.